The van der Waals surface area contributed by atoms with Crippen LogP contribution in [0, 0.1) is 11.3 Å². The van der Waals surface area contributed by atoms with Crippen molar-refractivity contribution < 1.29 is 0 Å². The summed E-state index contributed by atoms with van der Waals surface area (Å²) in [5.74, 6) is 0. The first kappa shape index (κ1) is 10.7. The van der Waals surface area contributed by atoms with Crippen molar-refractivity contribution in [3.05, 3.63) is 51.6 Å². The standard InChI is InChI=1S/C14H11N3O/c15-7-12-10-4-1-5-11(10)13(17-14(12)18)9-3-2-6-16-8-9/h2-3,6,8H,1,4-5H2,(H,17,18). The monoisotopic (exact) mass is 237 g/mol. The predicted octanol–water partition coefficient (Wildman–Crippen LogP) is 1.80. The first-order valence-corrected chi connectivity index (χ1v) is 5.90. The maximum absolute atomic E-state index is 11.9. The lowest BCUT2D eigenvalue weighted by Gasteiger charge is -2.09. The molecular weight excluding hydrogens is 226 g/mol. The molecule has 2 aromatic rings. The molecule has 4 nitrogen and oxygen atoms in total. The Morgan fingerprint density at radius 2 is 2.17 bits per heavy atom. The van der Waals surface area contributed by atoms with Crippen LogP contribution in [0.25, 0.3) is 11.3 Å². The molecule has 0 saturated carbocycles. The second kappa shape index (κ2) is 4.11. The molecule has 0 atom stereocenters. The summed E-state index contributed by atoms with van der Waals surface area (Å²) in [4.78, 5) is 18.8. The topological polar surface area (TPSA) is 69.5 Å². The Morgan fingerprint density at radius 1 is 1.33 bits per heavy atom. The van der Waals surface area contributed by atoms with Crippen LogP contribution in [0.2, 0.25) is 0 Å². The normalized spacial score (nSPS) is 13.1. The van der Waals surface area contributed by atoms with E-state index in [0.717, 1.165) is 41.6 Å². The summed E-state index contributed by atoms with van der Waals surface area (Å²) in [6.45, 7) is 0. The molecule has 0 aromatic carbocycles. The molecule has 0 unspecified atom stereocenters. The Kier molecular flexibility index (Phi) is 2.45. The Balaban J connectivity index is 2.31. The Bertz CT molecular complexity index is 695. The zero-order chi connectivity index (χ0) is 12.5. The van der Waals surface area contributed by atoms with E-state index in [4.69, 9.17) is 5.26 Å². The number of aromatic amines is 1. The number of nitrogens with zero attached hydrogens (tertiary/aromatic N) is 2. The van der Waals surface area contributed by atoms with Crippen LogP contribution >= 0.6 is 0 Å². The first-order valence-electron chi connectivity index (χ1n) is 5.90. The molecule has 2 aromatic heterocycles. The second-order valence-electron chi connectivity index (χ2n) is 4.37. The molecule has 2 heterocycles. The van der Waals surface area contributed by atoms with Gasteiger partial charge < -0.3 is 4.98 Å². The molecule has 0 bridgehead atoms. The molecule has 88 valence electrons. The lowest BCUT2D eigenvalue weighted by molar-refractivity contribution is 0.910. The predicted molar refractivity (Wildman–Crippen MR) is 67.0 cm³/mol. The van der Waals surface area contributed by atoms with Crippen LogP contribution in [-0.2, 0) is 12.8 Å². The quantitative estimate of drug-likeness (QED) is 0.822. The van der Waals surface area contributed by atoms with Crippen LogP contribution in [0.3, 0.4) is 0 Å². The Morgan fingerprint density at radius 3 is 2.89 bits per heavy atom. The molecule has 18 heavy (non-hydrogen) atoms. The SMILES string of the molecule is N#Cc1c2c(c(-c3cccnc3)[nH]c1=O)CCC2. The highest BCUT2D eigenvalue weighted by Gasteiger charge is 2.22. The van der Waals surface area contributed by atoms with Crippen LogP contribution in [-0.4, -0.2) is 9.97 Å². The van der Waals surface area contributed by atoms with Gasteiger partial charge in [-0.05, 0) is 42.5 Å². The number of aromatic nitrogens is 2. The lowest BCUT2D eigenvalue weighted by atomic mass is 10.0. The lowest BCUT2D eigenvalue weighted by Crippen LogP contribution is -2.15. The number of hydrogen-bond donors (Lipinski definition) is 1. The minimum absolute atomic E-state index is 0.273. The highest BCUT2D eigenvalue weighted by Crippen LogP contribution is 2.30. The molecule has 0 amide bonds. The number of nitrogens with one attached hydrogen (secondary N) is 1. The smallest absolute Gasteiger partial charge is 0.266 e. The van der Waals surface area contributed by atoms with E-state index < -0.39 is 0 Å². The highest BCUT2D eigenvalue weighted by molar-refractivity contribution is 5.66. The van der Waals surface area contributed by atoms with Crippen molar-refractivity contribution in [2.75, 3.05) is 0 Å². The van der Waals surface area contributed by atoms with Gasteiger partial charge in [0.05, 0.1) is 5.69 Å². The summed E-state index contributed by atoms with van der Waals surface area (Å²) >= 11 is 0. The van der Waals surface area contributed by atoms with Crippen LogP contribution in [0.5, 0.6) is 0 Å². The van der Waals surface area contributed by atoms with Gasteiger partial charge in [-0.3, -0.25) is 9.78 Å². The molecule has 3 rings (SSSR count). The van der Waals surface area contributed by atoms with E-state index in [2.05, 4.69) is 9.97 Å². The molecule has 0 aliphatic heterocycles. The summed E-state index contributed by atoms with van der Waals surface area (Å²) < 4.78 is 0. The van der Waals surface area contributed by atoms with Crippen molar-refractivity contribution in [3.8, 4) is 17.3 Å². The van der Waals surface area contributed by atoms with Crippen molar-refractivity contribution in [2.24, 2.45) is 0 Å². The van der Waals surface area contributed by atoms with Crippen LogP contribution in [0.4, 0.5) is 0 Å². The maximum atomic E-state index is 11.9. The first-order chi connectivity index (χ1) is 8.81. The Labute approximate surface area is 104 Å². The molecular formula is C14H11N3O. The van der Waals surface area contributed by atoms with Gasteiger partial charge in [0.15, 0.2) is 0 Å². The molecule has 0 radical (unpaired) electrons. The largest absolute Gasteiger partial charge is 0.320 e. The maximum Gasteiger partial charge on any atom is 0.266 e. The molecule has 0 fully saturated rings. The van der Waals surface area contributed by atoms with Crippen molar-refractivity contribution >= 4 is 0 Å². The zero-order valence-electron chi connectivity index (χ0n) is 9.73. The second-order valence-corrected chi connectivity index (χ2v) is 4.37. The Hall–Kier alpha value is -2.41. The number of H-pyrrole nitrogens is 1. The number of nitriles is 1. The van der Waals surface area contributed by atoms with Gasteiger partial charge >= 0.3 is 0 Å². The van der Waals surface area contributed by atoms with Gasteiger partial charge in [-0.2, -0.15) is 5.26 Å². The number of rotatable bonds is 1. The summed E-state index contributed by atoms with van der Waals surface area (Å²) in [6, 6.07) is 5.77. The molecule has 4 heteroatoms. The summed E-state index contributed by atoms with van der Waals surface area (Å²) in [5, 5.41) is 9.06. The molecule has 1 N–H and O–H groups in total. The van der Waals surface area contributed by atoms with Gasteiger partial charge in [0.1, 0.15) is 11.6 Å². The summed E-state index contributed by atoms with van der Waals surface area (Å²) in [6.07, 6.45) is 6.15. The van der Waals surface area contributed by atoms with Crippen LogP contribution in [0.1, 0.15) is 23.1 Å². The molecule has 0 spiro atoms. The van der Waals surface area contributed by atoms with Gasteiger partial charge in [0.25, 0.3) is 5.56 Å². The third-order valence-electron chi connectivity index (χ3n) is 3.35. The van der Waals surface area contributed by atoms with Gasteiger partial charge in [-0.15, -0.1) is 0 Å². The van der Waals surface area contributed by atoms with E-state index in [1.807, 2.05) is 18.2 Å². The number of hydrogen-bond acceptors (Lipinski definition) is 3. The third-order valence-corrected chi connectivity index (χ3v) is 3.35. The van der Waals surface area contributed by atoms with Crippen LogP contribution < -0.4 is 5.56 Å². The zero-order valence-corrected chi connectivity index (χ0v) is 9.73. The average Bonchev–Trinajstić information content (AvgIpc) is 2.88. The van der Waals surface area contributed by atoms with E-state index in [1.54, 1.807) is 12.4 Å². The summed E-state index contributed by atoms with van der Waals surface area (Å²) in [7, 11) is 0. The minimum Gasteiger partial charge on any atom is -0.320 e. The average molecular weight is 237 g/mol. The van der Waals surface area contributed by atoms with Gasteiger partial charge in [0, 0.05) is 18.0 Å². The molecule has 0 saturated heterocycles. The van der Waals surface area contributed by atoms with E-state index in [-0.39, 0.29) is 11.1 Å². The number of pyridine rings is 2. The fourth-order valence-corrected chi connectivity index (χ4v) is 2.56. The molecule has 1 aliphatic carbocycles. The van der Waals surface area contributed by atoms with Gasteiger partial charge in [-0.1, -0.05) is 0 Å². The minimum atomic E-state index is -0.294. The van der Waals surface area contributed by atoms with Crippen LogP contribution in [0.15, 0.2) is 29.3 Å². The van der Waals surface area contributed by atoms with Crippen molar-refractivity contribution in [3.63, 3.8) is 0 Å². The van der Waals surface area contributed by atoms with E-state index in [0.29, 0.717) is 0 Å². The fourth-order valence-electron chi connectivity index (χ4n) is 2.56. The van der Waals surface area contributed by atoms with Gasteiger partial charge in [0.2, 0.25) is 0 Å². The third kappa shape index (κ3) is 1.52. The van der Waals surface area contributed by atoms with Gasteiger partial charge in [-0.25, -0.2) is 0 Å². The van der Waals surface area contributed by atoms with E-state index in [9.17, 15) is 4.79 Å². The van der Waals surface area contributed by atoms with E-state index in [1.165, 1.54) is 0 Å². The van der Waals surface area contributed by atoms with Crippen molar-refractivity contribution in [1.29, 1.82) is 5.26 Å². The van der Waals surface area contributed by atoms with Crippen molar-refractivity contribution in [2.45, 2.75) is 19.3 Å². The fraction of sp³-hybridized carbons (Fsp3) is 0.214. The molecule has 1 aliphatic rings. The highest BCUT2D eigenvalue weighted by atomic mass is 16.1. The van der Waals surface area contributed by atoms with E-state index >= 15 is 0 Å². The van der Waals surface area contributed by atoms with Crippen molar-refractivity contribution in [1.82, 2.24) is 9.97 Å². The number of fused-ring (bicyclic) bond motifs is 1. The summed E-state index contributed by atoms with van der Waals surface area (Å²) in [5.41, 5.74) is 3.71.